The van der Waals surface area contributed by atoms with E-state index >= 15 is 0 Å². The highest BCUT2D eigenvalue weighted by Gasteiger charge is 2.18. The van der Waals surface area contributed by atoms with Crippen LogP contribution in [-0.2, 0) is 7.05 Å². The molecule has 0 saturated carbocycles. The van der Waals surface area contributed by atoms with E-state index in [4.69, 9.17) is 10.2 Å². The Bertz CT molecular complexity index is 955. The van der Waals surface area contributed by atoms with Gasteiger partial charge in [0.05, 0.1) is 17.4 Å². The normalized spacial score (nSPS) is 11.1. The van der Waals surface area contributed by atoms with Crippen LogP contribution in [-0.4, -0.2) is 19.5 Å². The van der Waals surface area contributed by atoms with Crippen LogP contribution in [0.4, 0.5) is 5.82 Å². The first-order valence-electron chi connectivity index (χ1n) is 6.81. The fraction of sp³-hybridized carbons (Fsp3) is 0.0625. The van der Waals surface area contributed by atoms with E-state index in [1.165, 1.54) is 6.33 Å². The second-order valence-electron chi connectivity index (χ2n) is 5.01. The predicted molar refractivity (Wildman–Crippen MR) is 83.9 cm³/mol. The summed E-state index contributed by atoms with van der Waals surface area (Å²) in [5, 5.41) is 0.706. The molecule has 0 bridgehead atoms. The monoisotopic (exact) mass is 291 g/mol. The van der Waals surface area contributed by atoms with Gasteiger partial charge in [-0.3, -0.25) is 0 Å². The molecule has 4 aromatic rings. The Balaban J connectivity index is 1.95. The summed E-state index contributed by atoms with van der Waals surface area (Å²) in [5.74, 6) is 1.07. The van der Waals surface area contributed by atoms with E-state index in [1.807, 2.05) is 48.0 Å². The zero-order chi connectivity index (χ0) is 15.1. The standard InChI is InChI=1S/C16H13N5O/c1-21-9-20-13(10-5-3-2-4-6-10)14(21)12-7-11-15(17)18-8-19-16(11)22-12/h2-9H,1H3,(H2,17,18,19). The minimum atomic E-state index is 0.406. The number of imidazole rings is 1. The summed E-state index contributed by atoms with van der Waals surface area (Å²) in [7, 11) is 1.93. The lowest BCUT2D eigenvalue weighted by Crippen LogP contribution is -1.90. The molecule has 4 rings (SSSR count). The van der Waals surface area contributed by atoms with Gasteiger partial charge < -0.3 is 14.7 Å². The maximum Gasteiger partial charge on any atom is 0.231 e. The van der Waals surface area contributed by atoms with Gasteiger partial charge in [-0.15, -0.1) is 0 Å². The van der Waals surface area contributed by atoms with Gasteiger partial charge >= 0.3 is 0 Å². The van der Waals surface area contributed by atoms with Crippen molar-refractivity contribution in [2.45, 2.75) is 0 Å². The van der Waals surface area contributed by atoms with Crippen molar-refractivity contribution >= 4 is 16.9 Å². The summed E-state index contributed by atoms with van der Waals surface area (Å²) in [6.07, 6.45) is 3.16. The van der Waals surface area contributed by atoms with Crippen molar-refractivity contribution in [2.24, 2.45) is 7.05 Å². The van der Waals surface area contributed by atoms with Gasteiger partial charge in [-0.25, -0.2) is 15.0 Å². The van der Waals surface area contributed by atoms with Crippen molar-refractivity contribution in [1.82, 2.24) is 19.5 Å². The van der Waals surface area contributed by atoms with Gasteiger partial charge in [0.25, 0.3) is 0 Å². The summed E-state index contributed by atoms with van der Waals surface area (Å²) >= 11 is 0. The molecule has 6 nitrogen and oxygen atoms in total. The second kappa shape index (κ2) is 4.70. The first-order chi connectivity index (χ1) is 10.7. The molecule has 0 spiro atoms. The maximum absolute atomic E-state index is 5.88. The summed E-state index contributed by atoms with van der Waals surface area (Å²) < 4.78 is 7.76. The van der Waals surface area contributed by atoms with Crippen LogP contribution >= 0.6 is 0 Å². The van der Waals surface area contributed by atoms with Gasteiger partial charge in [0, 0.05) is 12.6 Å². The zero-order valence-electron chi connectivity index (χ0n) is 11.9. The molecule has 0 fully saturated rings. The molecule has 0 unspecified atom stereocenters. The molecule has 0 aliphatic carbocycles. The number of nitrogens with two attached hydrogens (primary N) is 1. The van der Waals surface area contributed by atoms with Gasteiger partial charge in [0.15, 0.2) is 5.76 Å². The number of aryl methyl sites for hydroxylation is 1. The van der Waals surface area contributed by atoms with Crippen molar-refractivity contribution in [3.63, 3.8) is 0 Å². The van der Waals surface area contributed by atoms with E-state index in [0.29, 0.717) is 22.7 Å². The third-order valence-electron chi connectivity index (χ3n) is 3.58. The number of nitrogens with zero attached hydrogens (tertiary/aromatic N) is 4. The van der Waals surface area contributed by atoms with Crippen molar-refractivity contribution in [2.75, 3.05) is 5.73 Å². The van der Waals surface area contributed by atoms with Crippen molar-refractivity contribution in [1.29, 1.82) is 0 Å². The van der Waals surface area contributed by atoms with Crippen molar-refractivity contribution in [3.05, 3.63) is 49.1 Å². The van der Waals surface area contributed by atoms with Gasteiger partial charge in [0.1, 0.15) is 17.8 Å². The fourth-order valence-electron chi connectivity index (χ4n) is 2.52. The Morgan fingerprint density at radius 2 is 1.91 bits per heavy atom. The van der Waals surface area contributed by atoms with Crippen LogP contribution in [0.1, 0.15) is 0 Å². The topological polar surface area (TPSA) is 82.8 Å². The zero-order valence-corrected chi connectivity index (χ0v) is 11.9. The Labute approximate surface area is 126 Å². The number of rotatable bonds is 2. The molecule has 0 radical (unpaired) electrons. The number of benzene rings is 1. The largest absolute Gasteiger partial charge is 0.436 e. The minimum absolute atomic E-state index is 0.406. The lowest BCUT2D eigenvalue weighted by atomic mass is 10.1. The number of anilines is 1. The molecule has 6 heteroatoms. The van der Waals surface area contributed by atoms with Crippen LogP contribution in [0, 0.1) is 0 Å². The first kappa shape index (κ1) is 12.6. The molecule has 2 N–H and O–H groups in total. The van der Waals surface area contributed by atoms with Crippen LogP contribution in [0.15, 0.2) is 53.5 Å². The first-order valence-corrected chi connectivity index (χ1v) is 6.81. The molecular weight excluding hydrogens is 278 g/mol. The quantitative estimate of drug-likeness (QED) is 0.614. The second-order valence-corrected chi connectivity index (χ2v) is 5.01. The SMILES string of the molecule is Cn1cnc(-c2ccccc2)c1-c1cc2c(N)ncnc2o1. The molecule has 0 saturated heterocycles. The van der Waals surface area contributed by atoms with Crippen molar-refractivity contribution in [3.8, 4) is 22.7 Å². The Morgan fingerprint density at radius 3 is 2.68 bits per heavy atom. The summed E-state index contributed by atoms with van der Waals surface area (Å²) in [4.78, 5) is 12.6. The third kappa shape index (κ3) is 1.85. The molecule has 1 aromatic carbocycles. The van der Waals surface area contributed by atoms with Gasteiger partial charge in [-0.2, -0.15) is 0 Å². The molecule has 3 aromatic heterocycles. The number of furan rings is 1. The number of fused-ring (bicyclic) bond motifs is 1. The van der Waals surface area contributed by atoms with E-state index < -0.39 is 0 Å². The maximum atomic E-state index is 5.88. The van der Waals surface area contributed by atoms with Crippen LogP contribution < -0.4 is 5.73 Å². The Kier molecular flexibility index (Phi) is 2.69. The molecule has 3 heterocycles. The number of nitrogen functional groups attached to an aromatic ring is 1. The molecule has 0 atom stereocenters. The lowest BCUT2D eigenvalue weighted by molar-refractivity contribution is 0.611. The number of hydrogen-bond donors (Lipinski definition) is 1. The molecule has 0 aliphatic rings. The number of hydrogen-bond acceptors (Lipinski definition) is 5. The molecule has 108 valence electrons. The van der Waals surface area contributed by atoms with Crippen LogP contribution in [0.3, 0.4) is 0 Å². The summed E-state index contributed by atoms with van der Waals surface area (Å²) in [6, 6.07) is 11.8. The van der Waals surface area contributed by atoms with E-state index in [9.17, 15) is 0 Å². The smallest absolute Gasteiger partial charge is 0.231 e. The Morgan fingerprint density at radius 1 is 1.09 bits per heavy atom. The summed E-state index contributed by atoms with van der Waals surface area (Å²) in [5.41, 5.74) is 9.11. The van der Waals surface area contributed by atoms with E-state index in [1.54, 1.807) is 6.33 Å². The highest BCUT2D eigenvalue weighted by molar-refractivity contribution is 5.89. The van der Waals surface area contributed by atoms with Gasteiger partial charge in [0.2, 0.25) is 5.71 Å². The average molecular weight is 291 g/mol. The van der Waals surface area contributed by atoms with Crippen LogP contribution in [0.25, 0.3) is 33.8 Å². The van der Waals surface area contributed by atoms with Crippen LogP contribution in [0.5, 0.6) is 0 Å². The van der Waals surface area contributed by atoms with Gasteiger partial charge in [-0.1, -0.05) is 30.3 Å². The molecule has 0 amide bonds. The third-order valence-corrected chi connectivity index (χ3v) is 3.58. The lowest BCUT2D eigenvalue weighted by Gasteiger charge is -2.03. The number of aromatic nitrogens is 4. The van der Waals surface area contributed by atoms with E-state index in [2.05, 4.69) is 15.0 Å². The molecular formula is C16H13N5O. The van der Waals surface area contributed by atoms with E-state index in [-0.39, 0.29) is 0 Å². The van der Waals surface area contributed by atoms with Crippen molar-refractivity contribution < 1.29 is 4.42 Å². The average Bonchev–Trinajstić information content (AvgIpc) is 3.12. The van der Waals surface area contributed by atoms with E-state index in [0.717, 1.165) is 17.0 Å². The Hall–Kier alpha value is -3.15. The minimum Gasteiger partial charge on any atom is -0.436 e. The highest BCUT2D eigenvalue weighted by atomic mass is 16.3. The predicted octanol–water partition coefficient (Wildman–Crippen LogP) is 2.87. The van der Waals surface area contributed by atoms with Gasteiger partial charge in [-0.05, 0) is 6.07 Å². The summed E-state index contributed by atoms with van der Waals surface area (Å²) in [6.45, 7) is 0. The van der Waals surface area contributed by atoms with Crippen LogP contribution in [0.2, 0.25) is 0 Å². The fourth-order valence-corrected chi connectivity index (χ4v) is 2.52. The molecule has 22 heavy (non-hydrogen) atoms. The molecule has 0 aliphatic heterocycles. The highest BCUT2D eigenvalue weighted by Crippen LogP contribution is 2.34.